The second-order valence-corrected chi connectivity index (χ2v) is 8.81. The van der Waals surface area contributed by atoms with Gasteiger partial charge in [-0.05, 0) is 64.8 Å². The summed E-state index contributed by atoms with van der Waals surface area (Å²) in [6, 6.07) is 9.79. The second kappa shape index (κ2) is 12.5. The summed E-state index contributed by atoms with van der Waals surface area (Å²) >= 11 is 4.51. The van der Waals surface area contributed by atoms with Crippen molar-refractivity contribution in [3.05, 3.63) is 69.1 Å². The van der Waals surface area contributed by atoms with Crippen molar-refractivity contribution in [3.63, 3.8) is 0 Å². The van der Waals surface area contributed by atoms with Crippen molar-refractivity contribution in [2.75, 3.05) is 18.5 Å². The Morgan fingerprint density at radius 2 is 2.03 bits per heavy atom. The molecule has 190 valence electrons. The number of hydrogen-bond donors (Lipinski definition) is 2. The first-order valence-corrected chi connectivity index (χ1v) is 12.1. The number of nitrogens with one attached hydrogen (secondary N) is 2. The molecule has 3 rings (SSSR count). The molecule has 0 saturated carbocycles. The molecule has 36 heavy (non-hydrogen) atoms. The molecule has 0 fully saturated rings. The van der Waals surface area contributed by atoms with Crippen molar-refractivity contribution in [3.8, 4) is 5.75 Å². The molecule has 1 amide bonds. The van der Waals surface area contributed by atoms with E-state index < -0.39 is 23.6 Å². The van der Waals surface area contributed by atoms with E-state index in [1.165, 1.54) is 18.3 Å². The Hall–Kier alpha value is -3.45. The smallest absolute Gasteiger partial charge is 0.416 e. The van der Waals surface area contributed by atoms with Gasteiger partial charge in [0.2, 0.25) is 5.91 Å². The lowest BCUT2D eigenvalue weighted by Gasteiger charge is -2.08. The third kappa shape index (κ3) is 8.34. The molecule has 0 bridgehead atoms. The van der Waals surface area contributed by atoms with Gasteiger partial charge < -0.3 is 14.8 Å². The second-order valence-electron chi connectivity index (χ2n) is 7.10. The summed E-state index contributed by atoms with van der Waals surface area (Å²) in [6.45, 7) is 1.76. The van der Waals surface area contributed by atoms with Gasteiger partial charge in [0, 0.05) is 11.1 Å². The third-order valence-electron chi connectivity index (χ3n) is 4.34. The molecule has 0 spiro atoms. The molecule has 3 aromatic rings. The van der Waals surface area contributed by atoms with Crippen LogP contribution in [0.15, 0.2) is 57.4 Å². The van der Waals surface area contributed by atoms with Gasteiger partial charge in [-0.3, -0.25) is 4.79 Å². The zero-order valence-corrected chi connectivity index (χ0v) is 21.2. The number of hydrazone groups is 1. The number of esters is 1. The number of hydrogen-bond acceptors (Lipinski definition) is 8. The molecule has 0 atom stereocenters. The van der Waals surface area contributed by atoms with Gasteiger partial charge in [-0.2, -0.15) is 18.3 Å². The van der Waals surface area contributed by atoms with Crippen LogP contribution >= 0.6 is 27.3 Å². The number of ether oxygens (including phenoxy) is 2. The quantitative estimate of drug-likeness (QED) is 0.190. The van der Waals surface area contributed by atoms with E-state index in [2.05, 4.69) is 36.8 Å². The summed E-state index contributed by atoms with van der Waals surface area (Å²) in [5.41, 5.74) is 2.96. The zero-order valence-electron chi connectivity index (χ0n) is 18.8. The highest BCUT2D eigenvalue weighted by atomic mass is 79.9. The minimum Gasteiger partial charge on any atom is -0.481 e. The molecule has 0 aliphatic rings. The summed E-state index contributed by atoms with van der Waals surface area (Å²) in [5, 5.41) is 8.71. The maximum absolute atomic E-state index is 12.9. The lowest BCUT2D eigenvalue weighted by Crippen LogP contribution is -2.20. The van der Waals surface area contributed by atoms with E-state index >= 15 is 0 Å². The average Bonchev–Trinajstić information content (AvgIpc) is 3.24. The van der Waals surface area contributed by atoms with Crippen LogP contribution in [0.2, 0.25) is 0 Å². The van der Waals surface area contributed by atoms with E-state index in [0.717, 1.165) is 23.5 Å². The van der Waals surface area contributed by atoms with Crippen LogP contribution in [0.3, 0.4) is 0 Å². The normalized spacial score (nSPS) is 11.4. The van der Waals surface area contributed by atoms with Crippen molar-refractivity contribution >= 4 is 56.2 Å². The summed E-state index contributed by atoms with van der Waals surface area (Å²) in [4.78, 5) is 27.8. The van der Waals surface area contributed by atoms with Crippen LogP contribution in [0.5, 0.6) is 5.75 Å². The van der Waals surface area contributed by atoms with Crippen molar-refractivity contribution in [2.24, 2.45) is 5.10 Å². The highest BCUT2D eigenvalue weighted by molar-refractivity contribution is 9.10. The lowest BCUT2D eigenvalue weighted by atomic mass is 10.2. The van der Waals surface area contributed by atoms with Crippen molar-refractivity contribution in [1.29, 1.82) is 0 Å². The van der Waals surface area contributed by atoms with E-state index in [0.29, 0.717) is 26.6 Å². The average molecular weight is 585 g/mol. The van der Waals surface area contributed by atoms with Gasteiger partial charge in [-0.1, -0.05) is 6.07 Å². The molecule has 0 aliphatic carbocycles. The Morgan fingerprint density at radius 3 is 2.75 bits per heavy atom. The number of carbonyl (C=O) groups excluding carboxylic acids is 2. The Bertz CT molecular complexity index is 1250. The van der Waals surface area contributed by atoms with Gasteiger partial charge in [-0.25, -0.2) is 15.2 Å². The molecule has 13 heteroatoms. The zero-order chi connectivity index (χ0) is 26.1. The van der Waals surface area contributed by atoms with Crippen molar-refractivity contribution in [2.45, 2.75) is 19.5 Å². The summed E-state index contributed by atoms with van der Waals surface area (Å²) in [6.07, 6.45) is -3.08. The van der Waals surface area contributed by atoms with Crippen LogP contribution in [0.25, 0.3) is 0 Å². The number of rotatable bonds is 10. The SMILES string of the molecule is CCOC(=O)COc1ccc(/C=N\NC(=O)Cc2csc(Nc3cccc(C(F)(F)F)c3)n2)cc1Br. The topological polar surface area (TPSA) is 102 Å². The first kappa shape index (κ1) is 27.1. The number of aromatic nitrogens is 1. The Balaban J connectivity index is 1.49. The lowest BCUT2D eigenvalue weighted by molar-refractivity contribution is -0.145. The standard InChI is InChI=1S/C23H20BrF3N4O4S/c1-2-34-21(33)12-35-19-7-6-14(8-18(19)24)11-28-31-20(32)10-17-13-36-22(30-17)29-16-5-3-4-15(9-16)23(25,26)27/h3-9,11,13H,2,10,12H2,1H3,(H,29,30)(H,31,32)/b28-11-. The minimum absolute atomic E-state index is 0.0670. The van der Waals surface area contributed by atoms with Gasteiger partial charge in [0.05, 0.1) is 35.0 Å². The predicted molar refractivity (Wildman–Crippen MR) is 133 cm³/mol. The molecule has 0 saturated heterocycles. The number of amides is 1. The molecule has 0 radical (unpaired) electrons. The van der Waals surface area contributed by atoms with Crippen LogP contribution in [-0.2, 0) is 26.9 Å². The van der Waals surface area contributed by atoms with Crippen molar-refractivity contribution < 1.29 is 32.2 Å². The molecule has 0 aliphatic heterocycles. The van der Waals surface area contributed by atoms with Gasteiger partial charge in [-0.15, -0.1) is 11.3 Å². The number of nitrogens with zero attached hydrogens (tertiary/aromatic N) is 2. The summed E-state index contributed by atoms with van der Waals surface area (Å²) < 4.78 is 49.4. The largest absolute Gasteiger partial charge is 0.481 e. The maximum atomic E-state index is 12.9. The van der Waals surface area contributed by atoms with Crippen LogP contribution < -0.4 is 15.5 Å². The number of benzene rings is 2. The molecule has 8 nitrogen and oxygen atoms in total. The first-order chi connectivity index (χ1) is 17.1. The highest BCUT2D eigenvalue weighted by Gasteiger charge is 2.30. The van der Waals surface area contributed by atoms with E-state index in [4.69, 9.17) is 9.47 Å². The predicted octanol–water partition coefficient (Wildman–Crippen LogP) is 5.30. The first-order valence-electron chi connectivity index (χ1n) is 10.4. The minimum atomic E-state index is -4.44. The number of anilines is 2. The molecule has 1 aromatic heterocycles. The number of halogens is 4. The van der Waals surface area contributed by atoms with Gasteiger partial charge in [0.1, 0.15) is 5.75 Å². The van der Waals surface area contributed by atoms with E-state index in [-0.39, 0.29) is 25.3 Å². The van der Waals surface area contributed by atoms with Crippen LogP contribution in [0.4, 0.5) is 24.0 Å². The maximum Gasteiger partial charge on any atom is 0.416 e. The van der Waals surface area contributed by atoms with E-state index in [1.54, 1.807) is 30.5 Å². The number of carbonyl (C=O) groups is 2. The third-order valence-corrected chi connectivity index (χ3v) is 5.77. The van der Waals surface area contributed by atoms with Crippen molar-refractivity contribution in [1.82, 2.24) is 10.4 Å². The summed E-state index contributed by atoms with van der Waals surface area (Å²) in [7, 11) is 0. The fourth-order valence-electron chi connectivity index (χ4n) is 2.78. The molecular weight excluding hydrogens is 565 g/mol. The Kier molecular flexibility index (Phi) is 9.42. The monoisotopic (exact) mass is 584 g/mol. The molecule has 1 heterocycles. The van der Waals surface area contributed by atoms with E-state index in [1.807, 2.05) is 0 Å². The fourth-order valence-corrected chi connectivity index (χ4v) is 4.02. The van der Waals surface area contributed by atoms with Gasteiger partial charge in [0.15, 0.2) is 11.7 Å². The molecule has 0 unspecified atom stereocenters. The molecule has 2 N–H and O–H groups in total. The van der Waals surface area contributed by atoms with Crippen LogP contribution in [0.1, 0.15) is 23.7 Å². The highest BCUT2D eigenvalue weighted by Crippen LogP contribution is 2.32. The van der Waals surface area contributed by atoms with Gasteiger partial charge in [0.25, 0.3) is 0 Å². The molecular formula is C23H20BrF3N4O4S. The van der Waals surface area contributed by atoms with Crippen LogP contribution in [-0.4, -0.2) is 36.3 Å². The number of alkyl halides is 3. The number of thiazole rings is 1. The fraction of sp³-hybridized carbons (Fsp3) is 0.217. The Morgan fingerprint density at radius 1 is 1.22 bits per heavy atom. The van der Waals surface area contributed by atoms with Crippen LogP contribution in [0, 0.1) is 0 Å². The Labute approximate surface area is 216 Å². The molecule has 2 aromatic carbocycles. The summed E-state index contributed by atoms with van der Waals surface area (Å²) in [5.74, 6) is -0.450. The van der Waals surface area contributed by atoms with E-state index in [9.17, 15) is 22.8 Å². The van der Waals surface area contributed by atoms with Gasteiger partial charge >= 0.3 is 12.1 Å².